The van der Waals surface area contributed by atoms with E-state index in [9.17, 15) is 9.59 Å². The highest BCUT2D eigenvalue weighted by molar-refractivity contribution is 5.93. The molecule has 1 amide bonds. The Labute approximate surface area is 151 Å². The Morgan fingerprint density at radius 3 is 2.58 bits per heavy atom. The number of benzene rings is 1. The predicted octanol–water partition coefficient (Wildman–Crippen LogP) is 2.47. The summed E-state index contributed by atoms with van der Waals surface area (Å²) in [7, 11) is 0. The van der Waals surface area contributed by atoms with E-state index in [1.54, 1.807) is 54.4 Å². The van der Waals surface area contributed by atoms with Crippen molar-refractivity contribution in [1.82, 2.24) is 9.88 Å². The Hall–Kier alpha value is -2.93. The van der Waals surface area contributed by atoms with Gasteiger partial charge in [0.15, 0.2) is 0 Å². The average Bonchev–Trinajstić information content (AvgIpc) is 2.69. The SMILES string of the molecule is CCOC(=O)c1ccc(Nc2ccnc(C(=O)N3CCOCC3)c2)cc1. The number of esters is 1. The third-order valence-electron chi connectivity index (χ3n) is 3.96. The number of ether oxygens (including phenoxy) is 2. The van der Waals surface area contributed by atoms with E-state index >= 15 is 0 Å². The molecule has 0 saturated carbocycles. The average molecular weight is 355 g/mol. The first kappa shape index (κ1) is 17.9. The van der Waals surface area contributed by atoms with Crippen LogP contribution in [0.15, 0.2) is 42.6 Å². The maximum absolute atomic E-state index is 12.5. The number of carbonyl (C=O) groups excluding carboxylic acids is 2. The van der Waals surface area contributed by atoms with Gasteiger partial charge in [-0.2, -0.15) is 0 Å². The Balaban J connectivity index is 1.68. The van der Waals surface area contributed by atoms with E-state index < -0.39 is 0 Å². The first-order valence-electron chi connectivity index (χ1n) is 8.54. The standard InChI is InChI=1S/C19H21N3O4/c1-2-26-19(24)14-3-5-15(6-4-14)21-16-7-8-20-17(13-16)18(23)22-9-11-25-12-10-22/h3-8,13H,2,9-12H2,1H3,(H,20,21). The zero-order valence-corrected chi connectivity index (χ0v) is 14.6. The van der Waals surface area contributed by atoms with Gasteiger partial charge in [-0.1, -0.05) is 0 Å². The van der Waals surface area contributed by atoms with Crippen LogP contribution in [0.1, 0.15) is 27.8 Å². The zero-order chi connectivity index (χ0) is 18.4. The van der Waals surface area contributed by atoms with Crippen LogP contribution >= 0.6 is 0 Å². The van der Waals surface area contributed by atoms with Gasteiger partial charge in [-0.15, -0.1) is 0 Å². The molecule has 1 saturated heterocycles. The van der Waals surface area contributed by atoms with Crippen molar-refractivity contribution in [3.05, 3.63) is 53.9 Å². The van der Waals surface area contributed by atoms with Crippen molar-refractivity contribution in [2.45, 2.75) is 6.92 Å². The highest BCUT2D eigenvalue weighted by Crippen LogP contribution is 2.18. The van der Waals surface area contributed by atoms with Crippen LogP contribution in [0.5, 0.6) is 0 Å². The van der Waals surface area contributed by atoms with Gasteiger partial charge in [-0.25, -0.2) is 4.79 Å². The molecule has 0 atom stereocenters. The van der Waals surface area contributed by atoms with Gasteiger partial charge in [-0.05, 0) is 43.3 Å². The van der Waals surface area contributed by atoms with E-state index in [-0.39, 0.29) is 11.9 Å². The number of anilines is 2. The molecule has 1 aromatic heterocycles. The third kappa shape index (κ3) is 4.37. The molecule has 136 valence electrons. The minimum atomic E-state index is -0.346. The molecule has 1 aliphatic heterocycles. The summed E-state index contributed by atoms with van der Waals surface area (Å²) < 4.78 is 10.2. The lowest BCUT2D eigenvalue weighted by Gasteiger charge is -2.26. The van der Waals surface area contributed by atoms with E-state index in [0.717, 1.165) is 11.4 Å². The fourth-order valence-electron chi connectivity index (χ4n) is 2.62. The van der Waals surface area contributed by atoms with Gasteiger partial charge in [0, 0.05) is 30.7 Å². The second-order valence-electron chi connectivity index (χ2n) is 5.76. The van der Waals surface area contributed by atoms with Crippen LogP contribution in [0.4, 0.5) is 11.4 Å². The van der Waals surface area contributed by atoms with Gasteiger partial charge in [0.25, 0.3) is 5.91 Å². The molecule has 0 unspecified atom stereocenters. The number of rotatable bonds is 5. The second kappa shape index (κ2) is 8.44. The maximum Gasteiger partial charge on any atom is 0.338 e. The number of aromatic nitrogens is 1. The molecule has 2 heterocycles. The van der Waals surface area contributed by atoms with Crippen molar-refractivity contribution in [2.75, 3.05) is 38.2 Å². The van der Waals surface area contributed by atoms with E-state index in [1.165, 1.54) is 0 Å². The van der Waals surface area contributed by atoms with Crippen molar-refractivity contribution in [3.63, 3.8) is 0 Å². The number of hydrogen-bond acceptors (Lipinski definition) is 6. The highest BCUT2D eigenvalue weighted by atomic mass is 16.5. The van der Waals surface area contributed by atoms with E-state index in [1.807, 2.05) is 0 Å². The summed E-state index contributed by atoms with van der Waals surface area (Å²) in [6.07, 6.45) is 1.60. The lowest BCUT2D eigenvalue weighted by atomic mass is 10.2. The summed E-state index contributed by atoms with van der Waals surface area (Å²) in [4.78, 5) is 30.1. The minimum absolute atomic E-state index is 0.102. The fourth-order valence-corrected chi connectivity index (χ4v) is 2.62. The summed E-state index contributed by atoms with van der Waals surface area (Å²) in [5.41, 5.74) is 2.44. The largest absolute Gasteiger partial charge is 0.462 e. The molecule has 1 N–H and O–H groups in total. The lowest BCUT2D eigenvalue weighted by molar-refractivity contribution is 0.0299. The molecule has 7 nitrogen and oxygen atoms in total. The molecule has 0 aliphatic carbocycles. The predicted molar refractivity (Wildman–Crippen MR) is 96.6 cm³/mol. The Kier molecular flexibility index (Phi) is 5.80. The first-order chi connectivity index (χ1) is 12.7. The second-order valence-corrected chi connectivity index (χ2v) is 5.76. The monoisotopic (exact) mass is 355 g/mol. The van der Waals surface area contributed by atoms with Crippen molar-refractivity contribution in [3.8, 4) is 0 Å². The van der Waals surface area contributed by atoms with Crippen LogP contribution in [0.3, 0.4) is 0 Å². The van der Waals surface area contributed by atoms with Crippen molar-refractivity contribution < 1.29 is 19.1 Å². The molecule has 1 aromatic carbocycles. The smallest absolute Gasteiger partial charge is 0.338 e. The number of amides is 1. The first-order valence-corrected chi connectivity index (χ1v) is 8.54. The number of hydrogen-bond donors (Lipinski definition) is 1. The Morgan fingerprint density at radius 2 is 1.88 bits per heavy atom. The van der Waals surface area contributed by atoms with Crippen LogP contribution < -0.4 is 5.32 Å². The Bertz CT molecular complexity index is 771. The van der Waals surface area contributed by atoms with Crippen LogP contribution in [0.2, 0.25) is 0 Å². The summed E-state index contributed by atoms with van der Waals surface area (Å²) >= 11 is 0. The van der Waals surface area contributed by atoms with Gasteiger partial charge >= 0.3 is 5.97 Å². The minimum Gasteiger partial charge on any atom is -0.462 e. The number of pyridine rings is 1. The molecule has 26 heavy (non-hydrogen) atoms. The molecule has 1 aliphatic rings. The number of nitrogens with zero attached hydrogens (tertiary/aromatic N) is 2. The fraction of sp³-hybridized carbons (Fsp3) is 0.316. The van der Waals surface area contributed by atoms with E-state index in [0.29, 0.717) is 44.2 Å². The quantitative estimate of drug-likeness (QED) is 0.830. The lowest BCUT2D eigenvalue weighted by Crippen LogP contribution is -2.41. The molecular weight excluding hydrogens is 334 g/mol. The molecule has 2 aromatic rings. The van der Waals surface area contributed by atoms with E-state index in [2.05, 4.69) is 10.3 Å². The van der Waals surface area contributed by atoms with Gasteiger partial charge in [0.05, 0.1) is 25.4 Å². The molecular formula is C19H21N3O4. The number of carbonyl (C=O) groups is 2. The highest BCUT2D eigenvalue weighted by Gasteiger charge is 2.19. The van der Waals surface area contributed by atoms with Crippen molar-refractivity contribution in [2.24, 2.45) is 0 Å². The van der Waals surface area contributed by atoms with Gasteiger partial charge in [-0.3, -0.25) is 9.78 Å². The topological polar surface area (TPSA) is 80.8 Å². The molecule has 0 bridgehead atoms. The van der Waals surface area contributed by atoms with Gasteiger partial charge in [0.2, 0.25) is 0 Å². The number of nitrogens with one attached hydrogen (secondary N) is 1. The summed E-state index contributed by atoms with van der Waals surface area (Å²) in [6, 6.07) is 10.5. The molecule has 0 spiro atoms. The third-order valence-corrected chi connectivity index (χ3v) is 3.96. The molecule has 7 heteroatoms. The Morgan fingerprint density at radius 1 is 1.15 bits per heavy atom. The van der Waals surface area contributed by atoms with Crippen LogP contribution in [-0.2, 0) is 9.47 Å². The molecule has 0 radical (unpaired) electrons. The van der Waals surface area contributed by atoms with E-state index in [4.69, 9.17) is 9.47 Å². The summed E-state index contributed by atoms with van der Waals surface area (Å²) in [5, 5.41) is 3.21. The number of morpholine rings is 1. The van der Waals surface area contributed by atoms with Gasteiger partial charge < -0.3 is 19.7 Å². The van der Waals surface area contributed by atoms with Crippen molar-refractivity contribution in [1.29, 1.82) is 0 Å². The summed E-state index contributed by atoms with van der Waals surface area (Å²) in [6.45, 7) is 4.37. The van der Waals surface area contributed by atoms with Gasteiger partial charge in [0.1, 0.15) is 5.69 Å². The molecule has 1 fully saturated rings. The normalized spacial score (nSPS) is 14.0. The van der Waals surface area contributed by atoms with Crippen LogP contribution in [0.25, 0.3) is 0 Å². The maximum atomic E-state index is 12.5. The summed E-state index contributed by atoms with van der Waals surface area (Å²) in [5.74, 6) is -0.448. The van der Waals surface area contributed by atoms with Crippen LogP contribution in [-0.4, -0.2) is 54.7 Å². The van der Waals surface area contributed by atoms with Crippen LogP contribution in [0, 0.1) is 0 Å². The molecule has 3 rings (SSSR count). The van der Waals surface area contributed by atoms with Crippen molar-refractivity contribution >= 4 is 23.3 Å². The zero-order valence-electron chi connectivity index (χ0n) is 14.6.